The van der Waals surface area contributed by atoms with Crippen LogP contribution in [0.3, 0.4) is 0 Å². The van der Waals surface area contributed by atoms with Crippen LogP contribution in [0.5, 0.6) is 0 Å². The SMILES string of the molecule is C#CC(C)(C)n1cccc1. The molecule has 10 heavy (non-hydrogen) atoms. The summed E-state index contributed by atoms with van der Waals surface area (Å²) in [5, 5.41) is 0. The average Bonchev–Trinajstić information content (AvgIpc) is 2.38. The summed E-state index contributed by atoms with van der Waals surface area (Å²) in [6.45, 7) is 4.01. The van der Waals surface area contributed by atoms with Crippen molar-refractivity contribution in [2.75, 3.05) is 0 Å². The Morgan fingerprint density at radius 1 is 1.30 bits per heavy atom. The number of aromatic nitrogens is 1. The lowest BCUT2D eigenvalue weighted by Gasteiger charge is -2.19. The Bertz CT molecular complexity index is 236. The number of terminal acetylenes is 1. The molecule has 1 nitrogen and oxygen atoms in total. The number of rotatable bonds is 1. The molecular formula is C9H11N. The molecule has 1 aromatic rings. The lowest BCUT2D eigenvalue weighted by molar-refractivity contribution is 0.477. The van der Waals surface area contributed by atoms with E-state index in [-0.39, 0.29) is 5.54 Å². The van der Waals surface area contributed by atoms with Crippen LogP contribution in [0.25, 0.3) is 0 Å². The highest BCUT2D eigenvalue weighted by Gasteiger charge is 2.13. The molecule has 0 radical (unpaired) electrons. The lowest BCUT2D eigenvalue weighted by Crippen LogP contribution is -2.21. The van der Waals surface area contributed by atoms with Gasteiger partial charge in [0.2, 0.25) is 0 Å². The molecule has 0 aliphatic carbocycles. The number of nitrogens with zero attached hydrogens (tertiary/aromatic N) is 1. The second-order valence-corrected chi connectivity index (χ2v) is 2.79. The van der Waals surface area contributed by atoms with E-state index in [1.165, 1.54) is 0 Å². The molecule has 0 atom stereocenters. The van der Waals surface area contributed by atoms with Gasteiger partial charge in [-0.2, -0.15) is 0 Å². The minimum absolute atomic E-state index is 0.191. The molecule has 0 saturated carbocycles. The zero-order valence-electron chi connectivity index (χ0n) is 6.33. The minimum atomic E-state index is -0.191. The molecule has 0 amide bonds. The van der Waals surface area contributed by atoms with Crippen LogP contribution in [0.4, 0.5) is 0 Å². The van der Waals surface area contributed by atoms with Gasteiger partial charge in [0.15, 0.2) is 0 Å². The Hall–Kier alpha value is -1.16. The summed E-state index contributed by atoms with van der Waals surface area (Å²) in [5.74, 6) is 2.71. The van der Waals surface area contributed by atoms with Gasteiger partial charge in [-0.25, -0.2) is 0 Å². The zero-order valence-corrected chi connectivity index (χ0v) is 6.33. The van der Waals surface area contributed by atoms with Crippen LogP contribution in [0, 0.1) is 12.3 Å². The highest BCUT2D eigenvalue weighted by atomic mass is 15.0. The maximum Gasteiger partial charge on any atom is 0.0990 e. The Balaban J connectivity index is 2.99. The van der Waals surface area contributed by atoms with Crippen molar-refractivity contribution < 1.29 is 0 Å². The average molecular weight is 133 g/mol. The molecule has 1 heteroatoms. The Labute approximate surface area is 61.7 Å². The molecule has 0 aliphatic heterocycles. The van der Waals surface area contributed by atoms with Crippen LogP contribution in [0.2, 0.25) is 0 Å². The van der Waals surface area contributed by atoms with Crippen molar-refractivity contribution in [1.29, 1.82) is 0 Å². The summed E-state index contributed by atoms with van der Waals surface area (Å²) in [6.07, 6.45) is 9.27. The van der Waals surface area contributed by atoms with E-state index in [1.54, 1.807) is 0 Å². The summed E-state index contributed by atoms with van der Waals surface area (Å²) >= 11 is 0. The highest BCUT2D eigenvalue weighted by Crippen LogP contribution is 2.12. The predicted molar refractivity (Wildman–Crippen MR) is 42.6 cm³/mol. The van der Waals surface area contributed by atoms with Crippen molar-refractivity contribution >= 4 is 0 Å². The largest absolute Gasteiger partial charge is 0.338 e. The van der Waals surface area contributed by atoms with Crippen LogP contribution in [0.15, 0.2) is 24.5 Å². The number of hydrogen-bond acceptors (Lipinski definition) is 0. The van der Waals surface area contributed by atoms with Gasteiger partial charge in [0.1, 0.15) is 0 Å². The van der Waals surface area contributed by atoms with Gasteiger partial charge in [-0.1, -0.05) is 5.92 Å². The van der Waals surface area contributed by atoms with E-state index < -0.39 is 0 Å². The van der Waals surface area contributed by atoms with E-state index >= 15 is 0 Å². The van der Waals surface area contributed by atoms with Crippen LogP contribution < -0.4 is 0 Å². The molecule has 0 saturated heterocycles. The quantitative estimate of drug-likeness (QED) is 0.515. The molecule has 1 aromatic heterocycles. The van der Waals surface area contributed by atoms with Gasteiger partial charge in [-0.3, -0.25) is 0 Å². The highest BCUT2D eigenvalue weighted by molar-refractivity contribution is 5.09. The molecule has 1 rings (SSSR count). The van der Waals surface area contributed by atoms with E-state index in [0.717, 1.165) is 0 Å². The van der Waals surface area contributed by atoms with E-state index in [2.05, 4.69) is 5.92 Å². The molecule has 0 fully saturated rings. The van der Waals surface area contributed by atoms with Crippen LogP contribution in [-0.4, -0.2) is 4.57 Å². The van der Waals surface area contributed by atoms with Crippen molar-refractivity contribution in [3.05, 3.63) is 24.5 Å². The first-order chi connectivity index (χ1) is 4.67. The van der Waals surface area contributed by atoms with Gasteiger partial charge >= 0.3 is 0 Å². The molecule has 0 spiro atoms. The molecule has 0 aromatic carbocycles. The zero-order chi connectivity index (χ0) is 7.61. The van der Waals surface area contributed by atoms with Gasteiger partial charge in [0.25, 0.3) is 0 Å². The number of hydrogen-bond donors (Lipinski definition) is 0. The summed E-state index contributed by atoms with van der Waals surface area (Å²) in [4.78, 5) is 0. The van der Waals surface area contributed by atoms with Crippen molar-refractivity contribution in [3.63, 3.8) is 0 Å². The molecule has 1 heterocycles. The van der Waals surface area contributed by atoms with Gasteiger partial charge < -0.3 is 4.57 Å². The summed E-state index contributed by atoms with van der Waals surface area (Å²) in [6, 6.07) is 3.94. The molecule has 0 bridgehead atoms. The third kappa shape index (κ3) is 1.06. The normalized spacial score (nSPS) is 10.9. The van der Waals surface area contributed by atoms with Crippen molar-refractivity contribution in [3.8, 4) is 12.3 Å². The summed E-state index contributed by atoms with van der Waals surface area (Å²) in [5.41, 5.74) is -0.191. The van der Waals surface area contributed by atoms with Crippen molar-refractivity contribution in [2.24, 2.45) is 0 Å². The van der Waals surface area contributed by atoms with E-state index in [4.69, 9.17) is 6.42 Å². The molecule has 52 valence electrons. The fourth-order valence-electron chi connectivity index (χ4n) is 0.782. The second kappa shape index (κ2) is 2.22. The smallest absolute Gasteiger partial charge is 0.0990 e. The van der Waals surface area contributed by atoms with Gasteiger partial charge in [-0.05, 0) is 26.0 Å². The third-order valence-electron chi connectivity index (χ3n) is 1.60. The second-order valence-electron chi connectivity index (χ2n) is 2.79. The third-order valence-corrected chi connectivity index (χ3v) is 1.60. The van der Waals surface area contributed by atoms with Crippen LogP contribution in [-0.2, 0) is 5.54 Å². The van der Waals surface area contributed by atoms with Gasteiger partial charge in [0.05, 0.1) is 5.54 Å². The first-order valence-corrected chi connectivity index (χ1v) is 3.28. The first-order valence-electron chi connectivity index (χ1n) is 3.28. The lowest BCUT2D eigenvalue weighted by atomic mass is 10.1. The van der Waals surface area contributed by atoms with E-state index in [0.29, 0.717) is 0 Å². The topological polar surface area (TPSA) is 4.93 Å². The van der Waals surface area contributed by atoms with E-state index in [1.807, 2.05) is 42.9 Å². The van der Waals surface area contributed by atoms with Gasteiger partial charge in [-0.15, -0.1) is 6.42 Å². The standard InChI is InChI=1S/C9H11N/c1-4-9(2,3)10-7-5-6-8-10/h1,5-8H,2-3H3. The molecular weight excluding hydrogens is 122 g/mol. The predicted octanol–water partition coefficient (Wildman–Crippen LogP) is 1.86. The van der Waals surface area contributed by atoms with Crippen LogP contribution in [0.1, 0.15) is 13.8 Å². The first kappa shape index (κ1) is 6.95. The van der Waals surface area contributed by atoms with Crippen molar-refractivity contribution in [2.45, 2.75) is 19.4 Å². The Morgan fingerprint density at radius 3 is 2.20 bits per heavy atom. The Kier molecular flexibility index (Phi) is 1.55. The van der Waals surface area contributed by atoms with Gasteiger partial charge in [0, 0.05) is 12.4 Å². The molecule has 0 N–H and O–H groups in total. The minimum Gasteiger partial charge on any atom is -0.338 e. The maximum absolute atomic E-state index is 5.33. The van der Waals surface area contributed by atoms with E-state index in [9.17, 15) is 0 Å². The fourth-order valence-corrected chi connectivity index (χ4v) is 0.782. The maximum atomic E-state index is 5.33. The molecule has 0 unspecified atom stereocenters. The van der Waals surface area contributed by atoms with Crippen molar-refractivity contribution in [1.82, 2.24) is 4.57 Å². The summed E-state index contributed by atoms with van der Waals surface area (Å²) in [7, 11) is 0. The fraction of sp³-hybridized carbons (Fsp3) is 0.333. The van der Waals surface area contributed by atoms with Crippen LogP contribution >= 0.6 is 0 Å². The molecule has 0 aliphatic rings. The Morgan fingerprint density at radius 2 is 1.80 bits per heavy atom. The summed E-state index contributed by atoms with van der Waals surface area (Å²) < 4.78 is 2.01. The monoisotopic (exact) mass is 133 g/mol.